The zero-order valence-electron chi connectivity index (χ0n) is 13.9. The lowest BCUT2D eigenvalue weighted by Gasteiger charge is -2.32. The fourth-order valence-corrected chi connectivity index (χ4v) is 4.15. The van der Waals surface area contributed by atoms with Gasteiger partial charge in [-0.25, -0.2) is 0 Å². The Morgan fingerprint density at radius 1 is 1.20 bits per heavy atom. The van der Waals surface area contributed by atoms with E-state index in [1.165, 1.54) is 28.9 Å². The Hall–Kier alpha value is -2.28. The number of carbonyl (C=O) groups is 2. The van der Waals surface area contributed by atoms with Gasteiger partial charge in [0.15, 0.2) is 0 Å². The molecular weight excluding hydrogens is 336 g/mol. The Morgan fingerprint density at radius 2 is 2.08 bits per heavy atom. The number of piperidine rings is 1. The standard InChI is InChI=1S/C18H20N4O2S/c23-16(20-18-21-19-11-25-18)15-5-2-8-22(10-15)17(24)14-7-6-12-3-1-4-13(12)9-14/h6-7,9,11,15H,1-5,8,10H2,(H,20,21,23)/t15-/m1/s1. The van der Waals surface area contributed by atoms with Crippen molar-refractivity contribution in [1.82, 2.24) is 15.1 Å². The fourth-order valence-electron chi connectivity index (χ4n) is 3.70. The number of fused-ring (bicyclic) bond motifs is 1. The zero-order valence-corrected chi connectivity index (χ0v) is 14.7. The van der Waals surface area contributed by atoms with Crippen molar-refractivity contribution in [1.29, 1.82) is 0 Å². The van der Waals surface area contributed by atoms with Gasteiger partial charge in [0.05, 0.1) is 5.92 Å². The van der Waals surface area contributed by atoms with Gasteiger partial charge < -0.3 is 10.2 Å². The summed E-state index contributed by atoms with van der Waals surface area (Å²) in [5.41, 5.74) is 4.99. The largest absolute Gasteiger partial charge is 0.338 e. The maximum absolute atomic E-state index is 12.9. The number of nitrogens with zero attached hydrogens (tertiary/aromatic N) is 3. The molecule has 1 saturated heterocycles. The van der Waals surface area contributed by atoms with E-state index in [9.17, 15) is 9.59 Å². The smallest absolute Gasteiger partial charge is 0.253 e. The molecule has 0 bridgehead atoms. The molecule has 1 aromatic heterocycles. The van der Waals surface area contributed by atoms with E-state index in [0.29, 0.717) is 18.2 Å². The van der Waals surface area contributed by atoms with Crippen LogP contribution in [0.3, 0.4) is 0 Å². The molecule has 0 saturated carbocycles. The van der Waals surface area contributed by atoms with Crippen molar-refractivity contribution >= 4 is 28.3 Å². The number of aryl methyl sites for hydroxylation is 2. The molecule has 0 spiro atoms. The number of rotatable bonds is 3. The van der Waals surface area contributed by atoms with Gasteiger partial charge in [-0.2, -0.15) is 0 Å². The number of amides is 2. The van der Waals surface area contributed by atoms with Crippen molar-refractivity contribution in [3.05, 3.63) is 40.4 Å². The Kier molecular flexibility index (Phi) is 4.48. The minimum Gasteiger partial charge on any atom is -0.338 e. The average molecular weight is 356 g/mol. The molecule has 2 aliphatic rings. The summed E-state index contributed by atoms with van der Waals surface area (Å²) in [6.45, 7) is 1.17. The summed E-state index contributed by atoms with van der Waals surface area (Å²) in [5, 5.41) is 10.9. The van der Waals surface area contributed by atoms with Gasteiger partial charge in [-0.1, -0.05) is 17.4 Å². The highest BCUT2D eigenvalue weighted by Crippen LogP contribution is 2.25. The minimum atomic E-state index is -0.198. The molecule has 2 heterocycles. The first-order valence-electron chi connectivity index (χ1n) is 8.69. The molecule has 1 fully saturated rings. The topological polar surface area (TPSA) is 75.2 Å². The number of carbonyl (C=O) groups excluding carboxylic acids is 2. The summed E-state index contributed by atoms with van der Waals surface area (Å²) in [6.07, 6.45) is 4.97. The predicted molar refractivity (Wildman–Crippen MR) is 95.6 cm³/mol. The third-order valence-corrected chi connectivity index (χ3v) is 5.62. The number of aromatic nitrogens is 2. The van der Waals surface area contributed by atoms with E-state index < -0.39 is 0 Å². The molecule has 2 amide bonds. The van der Waals surface area contributed by atoms with Crippen molar-refractivity contribution in [2.45, 2.75) is 32.1 Å². The van der Waals surface area contributed by atoms with Crippen LogP contribution in [-0.2, 0) is 17.6 Å². The molecule has 1 N–H and O–H groups in total. The molecule has 1 aliphatic carbocycles. The van der Waals surface area contributed by atoms with Gasteiger partial charge in [-0.05, 0) is 55.4 Å². The number of nitrogens with one attached hydrogen (secondary N) is 1. The van der Waals surface area contributed by atoms with Crippen LogP contribution < -0.4 is 5.32 Å². The van der Waals surface area contributed by atoms with E-state index in [1.54, 1.807) is 5.51 Å². The van der Waals surface area contributed by atoms with Gasteiger partial charge in [0.25, 0.3) is 5.91 Å². The van der Waals surface area contributed by atoms with E-state index in [2.05, 4.69) is 21.6 Å². The quantitative estimate of drug-likeness (QED) is 0.917. The molecule has 0 radical (unpaired) electrons. The van der Waals surface area contributed by atoms with Crippen molar-refractivity contribution in [3.8, 4) is 0 Å². The number of anilines is 1. The first-order valence-corrected chi connectivity index (χ1v) is 9.57. The van der Waals surface area contributed by atoms with Gasteiger partial charge in [0, 0.05) is 18.7 Å². The monoisotopic (exact) mass is 356 g/mol. The van der Waals surface area contributed by atoms with Crippen LogP contribution in [0.15, 0.2) is 23.7 Å². The van der Waals surface area contributed by atoms with Crippen LogP contribution in [0.5, 0.6) is 0 Å². The lowest BCUT2D eigenvalue weighted by Crippen LogP contribution is -2.43. The molecular formula is C18H20N4O2S. The molecule has 7 heteroatoms. The van der Waals surface area contributed by atoms with E-state index in [4.69, 9.17) is 0 Å². The van der Waals surface area contributed by atoms with Crippen LogP contribution in [0, 0.1) is 5.92 Å². The first kappa shape index (κ1) is 16.2. The van der Waals surface area contributed by atoms with Crippen LogP contribution in [0.4, 0.5) is 5.13 Å². The summed E-state index contributed by atoms with van der Waals surface area (Å²) >= 11 is 1.30. The van der Waals surface area contributed by atoms with Crippen molar-refractivity contribution in [2.75, 3.05) is 18.4 Å². The molecule has 130 valence electrons. The number of hydrogen-bond donors (Lipinski definition) is 1. The Balaban J connectivity index is 1.43. The lowest BCUT2D eigenvalue weighted by atomic mass is 9.96. The van der Waals surface area contributed by atoms with E-state index in [1.807, 2.05) is 17.0 Å². The Morgan fingerprint density at radius 3 is 2.92 bits per heavy atom. The van der Waals surface area contributed by atoms with Gasteiger partial charge in [0.1, 0.15) is 5.51 Å². The van der Waals surface area contributed by atoms with Crippen molar-refractivity contribution in [3.63, 3.8) is 0 Å². The Bertz CT molecular complexity index is 790. The molecule has 0 unspecified atom stereocenters. The predicted octanol–water partition coefficient (Wildman–Crippen LogP) is 2.52. The SMILES string of the molecule is O=C(Nc1nncs1)[C@@H]1CCCN(C(=O)c2ccc3c(c2)CCC3)C1. The fraction of sp³-hybridized carbons (Fsp3) is 0.444. The van der Waals surface area contributed by atoms with Gasteiger partial charge >= 0.3 is 0 Å². The van der Waals surface area contributed by atoms with Gasteiger partial charge in [0.2, 0.25) is 11.0 Å². The highest BCUT2D eigenvalue weighted by Gasteiger charge is 2.29. The van der Waals surface area contributed by atoms with Crippen molar-refractivity contribution in [2.24, 2.45) is 5.92 Å². The van der Waals surface area contributed by atoms with Crippen LogP contribution >= 0.6 is 11.3 Å². The maximum Gasteiger partial charge on any atom is 0.253 e. The van der Waals surface area contributed by atoms with Crippen LogP contribution in [0.25, 0.3) is 0 Å². The molecule has 4 rings (SSSR count). The van der Waals surface area contributed by atoms with Crippen LogP contribution in [0.2, 0.25) is 0 Å². The number of likely N-dealkylation sites (tertiary alicyclic amines) is 1. The highest BCUT2D eigenvalue weighted by atomic mass is 32.1. The van der Waals surface area contributed by atoms with Crippen molar-refractivity contribution < 1.29 is 9.59 Å². The second-order valence-corrected chi connectivity index (χ2v) is 7.49. The summed E-state index contributed by atoms with van der Waals surface area (Å²) < 4.78 is 0. The second kappa shape index (κ2) is 6.92. The molecule has 2 aromatic rings. The molecule has 25 heavy (non-hydrogen) atoms. The maximum atomic E-state index is 12.9. The number of hydrogen-bond acceptors (Lipinski definition) is 5. The van der Waals surface area contributed by atoms with E-state index >= 15 is 0 Å². The molecule has 6 nitrogen and oxygen atoms in total. The lowest BCUT2D eigenvalue weighted by molar-refractivity contribution is -0.121. The van der Waals surface area contributed by atoms with Gasteiger partial charge in [-0.3, -0.25) is 9.59 Å². The summed E-state index contributed by atoms with van der Waals surface area (Å²) in [4.78, 5) is 27.1. The summed E-state index contributed by atoms with van der Waals surface area (Å²) in [5.74, 6) is -0.248. The number of benzene rings is 1. The normalized spacial score (nSPS) is 19.5. The van der Waals surface area contributed by atoms with E-state index in [0.717, 1.165) is 31.2 Å². The summed E-state index contributed by atoms with van der Waals surface area (Å²) in [7, 11) is 0. The van der Waals surface area contributed by atoms with E-state index in [-0.39, 0.29) is 17.7 Å². The average Bonchev–Trinajstić information content (AvgIpc) is 3.32. The molecule has 1 aromatic carbocycles. The van der Waals surface area contributed by atoms with Crippen LogP contribution in [-0.4, -0.2) is 40.0 Å². The molecule has 1 aliphatic heterocycles. The van der Waals surface area contributed by atoms with Crippen LogP contribution in [0.1, 0.15) is 40.7 Å². The molecule has 1 atom stereocenters. The first-order chi connectivity index (χ1) is 12.2. The third kappa shape index (κ3) is 3.42. The minimum absolute atomic E-state index is 0.0307. The van der Waals surface area contributed by atoms with Gasteiger partial charge in [-0.15, -0.1) is 10.2 Å². The highest BCUT2D eigenvalue weighted by molar-refractivity contribution is 7.13. The Labute approximate surface area is 150 Å². The summed E-state index contributed by atoms with van der Waals surface area (Å²) in [6, 6.07) is 6.05. The second-order valence-electron chi connectivity index (χ2n) is 6.66. The zero-order chi connectivity index (χ0) is 17.2. The third-order valence-electron chi connectivity index (χ3n) is 5.02.